The highest BCUT2D eigenvalue weighted by Gasteiger charge is 2.72. The molecule has 0 aromatic rings. The summed E-state index contributed by atoms with van der Waals surface area (Å²) in [5, 5.41) is 0. The fourth-order valence-electron chi connectivity index (χ4n) is 8.06. The van der Waals surface area contributed by atoms with E-state index in [1.165, 1.54) is 13.3 Å². The maximum absolute atomic E-state index is 12.0. The van der Waals surface area contributed by atoms with Crippen molar-refractivity contribution < 1.29 is 28.5 Å². The van der Waals surface area contributed by atoms with Crippen molar-refractivity contribution in [2.24, 2.45) is 22.7 Å². The minimum Gasteiger partial charge on any atom is -0.462 e. The van der Waals surface area contributed by atoms with E-state index in [1.807, 2.05) is 0 Å². The Morgan fingerprint density at radius 2 is 1.77 bits per heavy atom. The lowest BCUT2D eigenvalue weighted by atomic mass is 9.43. The zero-order chi connectivity index (χ0) is 21.9. The molecular formula is C24H40O6. The minimum absolute atomic E-state index is 0.0617. The van der Waals surface area contributed by atoms with Crippen LogP contribution in [0.25, 0.3) is 0 Å². The van der Waals surface area contributed by atoms with E-state index in [2.05, 4.69) is 27.7 Å². The Morgan fingerprint density at radius 1 is 1.03 bits per heavy atom. The average Bonchev–Trinajstić information content (AvgIpc) is 3.21. The summed E-state index contributed by atoms with van der Waals surface area (Å²) in [6.45, 7) is 10.9. The van der Waals surface area contributed by atoms with Gasteiger partial charge in [0.2, 0.25) is 0 Å². The highest BCUT2D eigenvalue weighted by Crippen LogP contribution is 2.69. The maximum atomic E-state index is 12.0. The van der Waals surface area contributed by atoms with E-state index in [9.17, 15) is 4.79 Å². The minimum atomic E-state index is -0.479. The molecule has 4 fully saturated rings. The Morgan fingerprint density at radius 3 is 2.40 bits per heavy atom. The Kier molecular flexibility index (Phi) is 5.57. The number of hydrogen-bond donors (Lipinski definition) is 0. The number of ether oxygens (including phenoxy) is 5. The van der Waals surface area contributed by atoms with Crippen LogP contribution in [-0.2, 0) is 28.5 Å². The second-order valence-electron chi connectivity index (χ2n) is 11.2. The molecule has 2 saturated heterocycles. The largest absolute Gasteiger partial charge is 0.462 e. The second-order valence-corrected chi connectivity index (χ2v) is 11.2. The third-order valence-electron chi connectivity index (χ3n) is 9.08. The predicted octanol–water partition coefficient (Wildman–Crippen LogP) is 4.44. The van der Waals surface area contributed by atoms with Crippen LogP contribution >= 0.6 is 0 Å². The second kappa shape index (κ2) is 7.43. The van der Waals surface area contributed by atoms with Crippen LogP contribution in [-0.4, -0.2) is 50.1 Å². The van der Waals surface area contributed by atoms with Gasteiger partial charge in [-0.3, -0.25) is 4.79 Å². The number of esters is 1. The molecule has 172 valence electrons. The fourth-order valence-corrected chi connectivity index (χ4v) is 8.06. The van der Waals surface area contributed by atoms with Crippen molar-refractivity contribution in [2.45, 2.75) is 109 Å². The standard InChI is InChI=1S/C24H40O6/c1-15-13-17(28-16(2)25)19-21(3,4)9-8-10-22(19,5)24(15)12-11-23(30-24)14-18(26-6)29-20(23)27-7/h15,17-20H,8-14H2,1-7H3/t15-,17-,18+,19+,20+,22+,23+,24-/m0/s1. The number of hydrogen-bond acceptors (Lipinski definition) is 6. The zero-order valence-corrected chi connectivity index (χ0v) is 19.8. The molecule has 6 nitrogen and oxygen atoms in total. The van der Waals surface area contributed by atoms with Gasteiger partial charge in [0.05, 0.1) is 5.60 Å². The van der Waals surface area contributed by atoms with Crippen molar-refractivity contribution >= 4 is 5.97 Å². The maximum Gasteiger partial charge on any atom is 0.302 e. The third-order valence-corrected chi connectivity index (χ3v) is 9.08. The molecule has 0 bridgehead atoms. The van der Waals surface area contributed by atoms with Gasteiger partial charge in [-0.2, -0.15) is 0 Å². The molecule has 2 aliphatic heterocycles. The zero-order valence-electron chi connectivity index (χ0n) is 19.8. The highest BCUT2D eigenvalue weighted by atomic mass is 16.8. The lowest BCUT2D eigenvalue weighted by Crippen LogP contribution is -2.67. The third kappa shape index (κ3) is 3.08. The van der Waals surface area contributed by atoms with Crippen molar-refractivity contribution in [3.63, 3.8) is 0 Å². The van der Waals surface area contributed by atoms with Crippen LogP contribution in [0.1, 0.15) is 79.6 Å². The Labute approximate surface area is 181 Å². The fraction of sp³-hybridized carbons (Fsp3) is 0.958. The summed E-state index contributed by atoms with van der Waals surface area (Å²) in [6, 6.07) is 0. The molecule has 0 radical (unpaired) electrons. The smallest absolute Gasteiger partial charge is 0.302 e. The van der Waals surface area contributed by atoms with Gasteiger partial charge in [-0.1, -0.05) is 34.1 Å². The van der Waals surface area contributed by atoms with Gasteiger partial charge in [-0.15, -0.1) is 0 Å². The topological polar surface area (TPSA) is 63.2 Å². The molecule has 4 aliphatic rings. The molecule has 2 saturated carbocycles. The summed E-state index contributed by atoms with van der Waals surface area (Å²) in [4.78, 5) is 12.0. The van der Waals surface area contributed by atoms with Gasteiger partial charge < -0.3 is 23.7 Å². The van der Waals surface area contributed by atoms with Gasteiger partial charge in [0.1, 0.15) is 11.7 Å². The van der Waals surface area contributed by atoms with E-state index >= 15 is 0 Å². The average molecular weight is 425 g/mol. The molecule has 4 rings (SSSR count). The number of fused-ring (bicyclic) bond motifs is 2. The Bertz CT molecular complexity index is 679. The van der Waals surface area contributed by atoms with Crippen molar-refractivity contribution in [1.29, 1.82) is 0 Å². The molecule has 0 N–H and O–H groups in total. The first-order valence-corrected chi connectivity index (χ1v) is 11.6. The number of methoxy groups -OCH3 is 2. The first-order valence-electron chi connectivity index (χ1n) is 11.6. The molecule has 30 heavy (non-hydrogen) atoms. The van der Waals surface area contributed by atoms with Gasteiger partial charge >= 0.3 is 5.97 Å². The van der Waals surface area contributed by atoms with Crippen molar-refractivity contribution in [1.82, 2.24) is 0 Å². The van der Waals surface area contributed by atoms with Crippen molar-refractivity contribution in [3.05, 3.63) is 0 Å². The van der Waals surface area contributed by atoms with Crippen molar-refractivity contribution in [2.75, 3.05) is 14.2 Å². The quantitative estimate of drug-likeness (QED) is 0.624. The number of rotatable bonds is 3. The molecular weight excluding hydrogens is 384 g/mol. The van der Waals surface area contributed by atoms with E-state index < -0.39 is 11.9 Å². The molecule has 2 heterocycles. The molecule has 0 amide bonds. The summed E-state index contributed by atoms with van der Waals surface area (Å²) in [5.41, 5.74) is -0.761. The van der Waals surface area contributed by atoms with Gasteiger partial charge in [-0.05, 0) is 43.4 Å². The van der Waals surface area contributed by atoms with Crippen LogP contribution in [0.5, 0.6) is 0 Å². The van der Waals surface area contributed by atoms with Crippen molar-refractivity contribution in [3.8, 4) is 0 Å². The van der Waals surface area contributed by atoms with E-state index in [4.69, 9.17) is 23.7 Å². The SMILES string of the molecule is CO[C@H]1C[C@]2(CC[C@]3(O2)[C@@H](C)C[C@H](OC(C)=O)[C@@H]2C(C)(C)CCC[C@]23C)[C@H](OC)O1. The van der Waals surface area contributed by atoms with Crippen LogP contribution in [0, 0.1) is 22.7 Å². The predicted molar refractivity (Wildman–Crippen MR) is 112 cm³/mol. The van der Waals surface area contributed by atoms with E-state index in [0.29, 0.717) is 6.42 Å². The van der Waals surface area contributed by atoms with Crippen LogP contribution < -0.4 is 0 Å². The molecule has 2 aliphatic carbocycles. The number of carbonyl (C=O) groups excluding carboxylic acids is 1. The first kappa shape index (κ1) is 22.5. The normalized spacial score (nSPS) is 50.0. The van der Waals surface area contributed by atoms with E-state index in [1.54, 1.807) is 14.2 Å². The van der Waals surface area contributed by atoms with Gasteiger partial charge in [0, 0.05) is 38.9 Å². The lowest BCUT2D eigenvalue weighted by molar-refractivity contribution is -0.296. The van der Waals surface area contributed by atoms with Gasteiger partial charge in [0.25, 0.3) is 0 Å². The van der Waals surface area contributed by atoms with Crippen LogP contribution in [0.4, 0.5) is 0 Å². The first-order chi connectivity index (χ1) is 14.0. The van der Waals surface area contributed by atoms with Gasteiger partial charge in [-0.25, -0.2) is 0 Å². The molecule has 0 unspecified atom stereocenters. The Balaban J connectivity index is 1.74. The highest BCUT2D eigenvalue weighted by molar-refractivity contribution is 5.66. The van der Waals surface area contributed by atoms with Crippen LogP contribution in [0.2, 0.25) is 0 Å². The van der Waals surface area contributed by atoms with E-state index in [0.717, 1.165) is 32.1 Å². The van der Waals surface area contributed by atoms with Crippen LogP contribution in [0.3, 0.4) is 0 Å². The van der Waals surface area contributed by atoms with Gasteiger partial charge in [0.15, 0.2) is 12.6 Å². The summed E-state index contributed by atoms with van der Waals surface area (Å²) in [6.07, 6.45) is 6.03. The van der Waals surface area contributed by atoms with E-state index in [-0.39, 0.29) is 46.6 Å². The monoisotopic (exact) mass is 424 g/mol. The summed E-state index contributed by atoms with van der Waals surface area (Å²) < 4.78 is 30.5. The molecule has 0 aromatic heterocycles. The molecule has 2 spiro atoms. The summed E-state index contributed by atoms with van der Waals surface area (Å²) in [5.74, 6) is 0.355. The lowest BCUT2D eigenvalue weighted by Gasteiger charge is -2.65. The molecule has 6 heteroatoms. The van der Waals surface area contributed by atoms with Crippen LogP contribution in [0.15, 0.2) is 0 Å². The summed E-state index contributed by atoms with van der Waals surface area (Å²) >= 11 is 0. The summed E-state index contributed by atoms with van der Waals surface area (Å²) in [7, 11) is 3.36. The molecule has 8 atom stereocenters. The molecule has 0 aromatic carbocycles. The Hall–Kier alpha value is -0.690. The number of carbonyl (C=O) groups is 1.